The highest BCUT2D eigenvalue weighted by Gasteiger charge is 2.25. The topological polar surface area (TPSA) is 111 Å². The van der Waals surface area contributed by atoms with Crippen LogP contribution in [0.5, 0.6) is 0 Å². The van der Waals surface area contributed by atoms with Gasteiger partial charge in [-0.25, -0.2) is 4.98 Å². The first kappa shape index (κ1) is 21.3. The molecular formula is C24H23N3O5. The third-order valence-corrected chi connectivity index (χ3v) is 4.88. The number of anilines is 1. The Kier molecular flexibility index (Phi) is 6.60. The average molecular weight is 433 g/mol. The molecule has 1 heterocycles. The maximum absolute atomic E-state index is 12.3. The number of hydrogen-bond donors (Lipinski definition) is 2. The van der Waals surface area contributed by atoms with Gasteiger partial charge in [-0.15, -0.1) is 0 Å². The molecular weight excluding hydrogens is 410 g/mol. The maximum atomic E-state index is 12.3. The average Bonchev–Trinajstić information content (AvgIpc) is 3.50. The summed E-state index contributed by atoms with van der Waals surface area (Å²) in [4.78, 5) is 40.7. The number of para-hydroxylation sites is 1. The Hall–Kier alpha value is -3.94. The molecule has 0 bridgehead atoms. The van der Waals surface area contributed by atoms with Crippen LogP contribution in [0.1, 0.15) is 35.5 Å². The molecule has 0 saturated heterocycles. The van der Waals surface area contributed by atoms with Crippen molar-refractivity contribution in [2.75, 3.05) is 11.9 Å². The standard InChI is InChI=1S/C24H23N3O5/c28-21(27-19-9-5-4-8-18(19)24(30)26-17-10-11-17)15-31-23(29)13-12-22-25-14-20(32-22)16-6-2-1-3-7-16/h1-9,14,17H,10-13,15H2,(H,26,30)(H,27,28). The number of hydrogen-bond acceptors (Lipinski definition) is 6. The summed E-state index contributed by atoms with van der Waals surface area (Å²) in [5.41, 5.74) is 1.65. The molecule has 2 amide bonds. The van der Waals surface area contributed by atoms with E-state index in [1.165, 1.54) is 0 Å². The Labute approximate surface area is 185 Å². The van der Waals surface area contributed by atoms with Gasteiger partial charge >= 0.3 is 5.97 Å². The quantitative estimate of drug-likeness (QED) is 0.501. The predicted molar refractivity (Wildman–Crippen MR) is 117 cm³/mol. The second-order valence-corrected chi connectivity index (χ2v) is 7.49. The molecule has 1 aliphatic rings. The zero-order valence-corrected chi connectivity index (χ0v) is 17.4. The molecule has 0 spiro atoms. The molecule has 8 nitrogen and oxygen atoms in total. The molecule has 1 saturated carbocycles. The van der Waals surface area contributed by atoms with E-state index in [9.17, 15) is 14.4 Å². The Balaban J connectivity index is 1.23. The number of aromatic nitrogens is 1. The minimum Gasteiger partial charge on any atom is -0.456 e. The van der Waals surface area contributed by atoms with Crippen LogP contribution in [-0.2, 0) is 20.7 Å². The van der Waals surface area contributed by atoms with Gasteiger partial charge in [0.15, 0.2) is 18.3 Å². The summed E-state index contributed by atoms with van der Waals surface area (Å²) < 4.78 is 10.7. The van der Waals surface area contributed by atoms with Crippen LogP contribution < -0.4 is 10.6 Å². The number of esters is 1. The first-order valence-electron chi connectivity index (χ1n) is 10.4. The van der Waals surface area contributed by atoms with Crippen molar-refractivity contribution in [3.05, 3.63) is 72.2 Å². The molecule has 2 N–H and O–H groups in total. The number of ether oxygens (including phenoxy) is 1. The first-order valence-corrected chi connectivity index (χ1v) is 10.4. The normalized spacial score (nSPS) is 12.8. The van der Waals surface area contributed by atoms with Gasteiger partial charge in [0.2, 0.25) is 0 Å². The number of rotatable bonds is 9. The van der Waals surface area contributed by atoms with E-state index in [4.69, 9.17) is 9.15 Å². The third-order valence-electron chi connectivity index (χ3n) is 4.88. The lowest BCUT2D eigenvalue weighted by Gasteiger charge is -2.11. The number of carbonyl (C=O) groups is 3. The lowest BCUT2D eigenvalue weighted by molar-refractivity contribution is -0.147. The zero-order chi connectivity index (χ0) is 22.3. The first-order chi connectivity index (χ1) is 15.6. The van der Waals surface area contributed by atoms with Gasteiger partial charge in [0.1, 0.15) is 0 Å². The summed E-state index contributed by atoms with van der Waals surface area (Å²) in [5, 5.41) is 5.52. The summed E-state index contributed by atoms with van der Waals surface area (Å²) in [5.74, 6) is -0.258. The van der Waals surface area contributed by atoms with Crippen LogP contribution in [0.2, 0.25) is 0 Å². The monoisotopic (exact) mass is 433 g/mol. The Morgan fingerprint density at radius 3 is 2.56 bits per heavy atom. The molecule has 1 aliphatic carbocycles. The fraction of sp³-hybridized carbons (Fsp3) is 0.250. The fourth-order valence-corrected chi connectivity index (χ4v) is 3.06. The van der Waals surface area contributed by atoms with Crippen molar-refractivity contribution in [3.8, 4) is 11.3 Å². The van der Waals surface area contributed by atoms with E-state index in [1.54, 1.807) is 30.5 Å². The highest BCUT2D eigenvalue weighted by molar-refractivity contribution is 6.04. The van der Waals surface area contributed by atoms with Gasteiger partial charge in [0, 0.05) is 18.0 Å². The number of nitrogens with zero attached hydrogens (tertiary/aromatic N) is 1. The molecule has 0 radical (unpaired) electrons. The molecule has 32 heavy (non-hydrogen) atoms. The predicted octanol–water partition coefficient (Wildman–Crippen LogP) is 3.35. The van der Waals surface area contributed by atoms with E-state index in [1.807, 2.05) is 30.3 Å². The Morgan fingerprint density at radius 1 is 1.03 bits per heavy atom. The molecule has 4 rings (SSSR count). The molecule has 0 aliphatic heterocycles. The van der Waals surface area contributed by atoms with Gasteiger partial charge in [-0.3, -0.25) is 14.4 Å². The number of aryl methyl sites for hydroxylation is 1. The summed E-state index contributed by atoms with van der Waals surface area (Å²) in [6, 6.07) is 16.5. The van der Waals surface area contributed by atoms with Crippen molar-refractivity contribution >= 4 is 23.5 Å². The van der Waals surface area contributed by atoms with Gasteiger partial charge < -0.3 is 19.8 Å². The summed E-state index contributed by atoms with van der Waals surface area (Å²) in [7, 11) is 0. The van der Waals surface area contributed by atoms with E-state index in [-0.39, 0.29) is 24.8 Å². The minimum absolute atomic E-state index is 0.0302. The highest BCUT2D eigenvalue weighted by Crippen LogP contribution is 2.22. The zero-order valence-electron chi connectivity index (χ0n) is 17.4. The van der Waals surface area contributed by atoms with E-state index in [0.717, 1.165) is 18.4 Å². The second-order valence-electron chi connectivity index (χ2n) is 7.49. The van der Waals surface area contributed by atoms with Crippen LogP contribution >= 0.6 is 0 Å². The van der Waals surface area contributed by atoms with Gasteiger partial charge in [-0.05, 0) is 25.0 Å². The SMILES string of the molecule is O=C(COC(=O)CCc1ncc(-c2ccccc2)o1)Nc1ccccc1C(=O)NC1CC1. The van der Waals surface area contributed by atoms with E-state index in [2.05, 4.69) is 15.6 Å². The summed E-state index contributed by atoms with van der Waals surface area (Å²) >= 11 is 0. The van der Waals surface area contributed by atoms with Crippen LogP contribution in [0, 0.1) is 0 Å². The lowest BCUT2D eigenvalue weighted by Crippen LogP contribution is -2.28. The summed E-state index contributed by atoms with van der Waals surface area (Å²) in [6.07, 6.45) is 3.84. The van der Waals surface area contributed by atoms with Crippen LogP contribution in [0.3, 0.4) is 0 Å². The van der Waals surface area contributed by atoms with Gasteiger partial charge in [-0.1, -0.05) is 42.5 Å². The number of carbonyl (C=O) groups excluding carboxylic acids is 3. The van der Waals surface area contributed by atoms with Gasteiger partial charge in [-0.2, -0.15) is 0 Å². The van der Waals surface area contributed by atoms with E-state index < -0.39 is 18.5 Å². The number of benzene rings is 2. The molecule has 1 aromatic heterocycles. The smallest absolute Gasteiger partial charge is 0.306 e. The molecule has 1 fully saturated rings. The largest absolute Gasteiger partial charge is 0.456 e. The van der Waals surface area contributed by atoms with E-state index >= 15 is 0 Å². The molecule has 3 aromatic rings. The van der Waals surface area contributed by atoms with Gasteiger partial charge in [0.25, 0.3) is 11.8 Å². The number of nitrogens with one attached hydrogen (secondary N) is 2. The minimum atomic E-state index is -0.542. The molecule has 0 atom stereocenters. The van der Waals surface area contributed by atoms with Crippen molar-refractivity contribution in [1.29, 1.82) is 0 Å². The maximum Gasteiger partial charge on any atom is 0.306 e. The van der Waals surface area contributed by atoms with E-state index in [0.29, 0.717) is 22.9 Å². The van der Waals surface area contributed by atoms with Crippen LogP contribution in [0.15, 0.2) is 65.2 Å². The molecule has 8 heteroatoms. The van der Waals surface area contributed by atoms with Crippen LogP contribution in [0.4, 0.5) is 5.69 Å². The molecule has 164 valence electrons. The Morgan fingerprint density at radius 2 is 1.78 bits per heavy atom. The molecule has 2 aromatic carbocycles. The fourth-order valence-electron chi connectivity index (χ4n) is 3.06. The van der Waals surface area contributed by atoms with Crippen molar-refractivity contribution in [2.24, 2.45) is 0 Å². The molecule has 0 unspecified atom stereocenters. The number of oxazole rings is 1. The van der Waals surface area contributed by atoms with Crippen molar-refractivity contribution in [2.45, 2.75) is 31.7 Å². The van der Waals surface area contributed by atoms with Crippen molar-refractivity contribution < 1.29 is 23.5 Å². The van der Waals surface area contributed by atoms with Crippen molar-refractivity contribution in [3.63, 3.8) is 0 Å². The third kappa shape index (κ3) is 5.81. The second kappa shape index (κ2) is 9.91. The lowest BCUT2D eigenvalue weighted by atomic mass is 10.1. The van der Waals surface area contributed by atoms with Crippen LogP contribution in [0.25, 0.3) is 11.3 Å². The Bertz CT molecular complexity index is 1110. The van der Waals surface area contributed by atoms with Crippen LogP contribution in [-0.4, -0.2) is 35.4 Å². The van der Waals surface area contributed by atoms with Crippen molar-refractivity contribution in [1.82, 2.24) is 10.3 Å². The highest BCUT2D eigenvalue weighted by atomic mass is 16.5. The number of amides is 2. The van der Waals surface area contributed by atoms with Gasteiger partial charge in [0.05, 0.1) is 23.9 Å². The summed E-state index contributed by atoms with van der Waals surface area (Å²) in [6.45, 7) is -0.446.